The summed E-state index contributed by atoms with van der Waals surface area (Å²) >= 11 is 0. The first-order chi connectivity index (χ1) is 8.33. The van der Waals surface area contributed by atoms with Crippen molar-refractivity contribution in [1.82, 2.24) is 15.1 Å². The first-order valence-electron chi connectivity index (χ1n) is 6.78. The molecule has 0 aromatic carbocycles. The molecule has 0 saturated carbocycles. The molecule has 0 bridgehead atoms. The lowest BCUT2D eigenvalue weighted by atomic mass is 9.81. The Bertz CT molecular complexity index is 386. The van der Waals surface area contributed by atoms with Crippen LogP contribution < -0.4 is 0 Å². The average molecular weight is 251 g/mol. The molecule has 0 aliphatic carbocycles. The van der Waals surface area contributed by atoms with Gasteiger partial charge in [0, 0.05) is 25.8 Å². The summed E-state index contributed by atoms with van der Waals surface area (Å²) in [4.78, 5) is 2.36. The van der Waals surface area contributed by atoms with Crippen LogP contribution in [0.3, 0.4) is 0 Å². The van der Waals surface area contributed by atoms with Gasteiger partial charge in [-0.3, -0.25) is 10.00 Å². The van der Waals surface area contributed by atoms with E-state index in [0.29, 0.717) is 12.5 Å². The molecule has 1 unspecified atom stereocenters. The van der Waals surface area contributed by atoms with E-state index in [0.717, 1.165) is 25.2 Å². The molecule has 1 atom stereocenters. The van der Waals surface area contributed by atoms with E-state index in [1.807, 2.05) is 6.07 Å². The highest BCUT2D eigenvalue weighted by molar-refractivity contribution is 5.13. The largest absolute Gasteiger partial charge is 0.382 e. The number of rotatable bonds is 4. The number of H-pyrrole nitrogens is 1. The first kappa shape index (κ1) is 13.6. The van der Waals surface area contributed by atoms with Gasteiger partial charge >= 0.3 is 0 Å². The van der Waals surface area contributed by atoms with Crippen LogP contribution in [0, 0.1) is 11.3 Å². The minimum atomic E-state index is -0.746. The van der Waals surface area contributed by atoms with Crippen LogP contribution in [-0.4, -0.2) is 39.8 Å². The molecule has 1 aliphatic heterocycles. The fraction of sp³-hybridized carbons (Fsp3) is 0.786. The molecule has 4 nitrogen and oxygen atoms in total. The SMILES string of the molecule is CC(C)C(C)(C)CN1CCC(O)(c2ccn[nH]2)C1. The number of aromatic amines is 1. The van der Waals surface area contributed by atoms with Gasteiger partial charge in [0.15, 0.2) is 0 Å². The fourth-order valence-corrected chi connectivity index (χ4v) is 2.50. The van der Waals surface area contributed by atoms with Gasteiger partial charge in [-0.15, -0.1) is 0 Å². The van der Waals surface area contributed by atoms with Crippen molar-refractivity contribution in [2.45, 2.75) is 39.7 Å². The number of hydrogen-bond donors (Lipinski definition) is 2. The molecule has 0 amide bonds. The summed E-state index contributed by atoms with van der Waals surface area (Å²) in [5, 5.41) is 17.5. The van der Waals surface area contributed by atoms with Crippen LogP contribution in [0.25, 0.3) is 0 Å². The maximum atomic E-state index is 10.6. The van der Waals surface area contributed by atoms with Crippen LogP contribution in [0.1, 0.15) is 39.8 Å². The molecule has 1 aromatic heterocycles. The third-order valence-corrected chi connectivity index (χ3v) is 4.52. The second kappa shape index (κ2) is 4.67. The predicted molar refractivity (Wildman–Crippen MR) is 72.2 cm³/mol. The Morgan fingerprint density at radius 2 is 2.28 bits per heavy atom. The van der Waals surface area contributed by atoms with Gasteiger partial charge in [0.2, 0.25) is 0 Å². The standard InChI is InChI=1S/C14H25N3O/c1-11(2)13(3,4)9-17-8-6-14(18,10-17)12-5-7-15-16-12/h5,7,11,18H,6,8-10H2,1-4H3,(H,15,16). The predicted octanol–water partition coefficient (Wildman–Crippen LogP) is 1.99. The van der Waals surface area contributed by atoms with E-state index in [2.05, 4.69) is 42.8 Å². The fourth-order valence-electron chi connectivity index (χ4n) is 2.50. The van der Waals surface area contributed by atoms with E-state index in [1.54, 1.807) is 6.20 Å². The second-order valence-corrected chi connectivity index (χ2v) is 6.61. The molecule has 2 rings (SSSR count). The summed E-state index contributed by atoms with van der Waals surface area (Å²) in [5.74, 6) is 0.637. The van der Waals surface area contributed by atoms with Crippen LogP contribution >= 0.6 is 0 Å². The molecule has 2 N–H and O–H groups in total. The van der Waals surface area contributed by atoms with Gasteiger partial charge < -0.3 is 5.11 Å². The third-order valence-electron chi connectivity index (χ3n) is 4.52. The van der Waals surface area contributed by atoms with E-state index in [4.69, 9.17) is 0 Å². The summed E-state index contributed by atoms with van der Waals surface area (Å²) in [6.45, 7) is 11.8. The Morgan fingerprint density at radius 1 is 1.56 bits per heavy atom. The van der Waals surface area contributed by atoms with Crippen LogP contribution in [0.2, 0.25) is 0 Å². The second-order valence-electron chi connectivity index (χ2n) is 6.61. The van der Waals surface area contributed by atoms with Gasteiger partial charge in [-0.1, -0.05) is 27.7 Å². The van der Waals surface area contributed by atoms with Gasteiger partial charge in [0.05, 0.1) is 5.69 Å². The number of likely N-dealkylation sites (tertiary alicyclic amines) is 1. The number of nitrogens with zero attached hydrogens (tertiary/aromatic N) is 2. The summed E-state index contributed by atoms with van der Waals surface area (Å²) in [7, 11) is 0. The van der Waals surface area contributed by atoms with Crippen molar-refractivity contribution in [3.8, 4) is 0 Å². The highest BCUT2D eigenvalue weighted by Crippen LogP contribution is 2.34. The Morgan fingerprint density at radius 3 is 2.83 bits per heavy atom. The Labute approximate surface area is 109 Å². The van der Waals surface area contributed by atoms with Crippen molar-refractivity contribution < 1.29 is 5.11 Å². The van der Waals surface area contributed by atoms with Crippen LogP contribution in [0.5, 0.6) is 0 Å². The number of β-amino-alcohol motifs (C(OH)–C–C–N with tert-alkyl or cyclic N) is 1. The lowest BCUT2D eigenvalue weighted by Gasteiger charge is -2.34. The van der Waals surface area contributed by atoms with Crippen LogP contribution in [0.15, 0.2) is 12.3 Å². The molecular formula is C14H25N3O. The normalized spacial score (nSPS) is 26.1. The van der Waals surface area contributed by atoms with Gasteiger partial charge in [-0.25, -0.2) is 0 Å². The van der Waals surface area contributed by atoms with E-state index < -0.39 is 5.60 Å². The molecular weight excluding hydrogens is 226 g/mol. The lowest BCUT2D eigenvalue weighted by molar-refractivity contribution is 0.0346. The van der Waals surface area contributed by atoms with E-state index in [9.17, 15) is 5.11 Å². The topological polar surface area (TPSA) is 52.1 Å². The van der Waals surface area contributed by atoms with Crippen molar-refractivity contribution in [1.29, 1.82) is 0 Å². The average Bonchev–Trinajstić information content (AvgIpc) is 2.88. The third kappa shape index (κ3) is 2.59. The van der Waals surface area contributed by atoms with Crippen molar-refractivity contribution in [2.75, 3.05) is 19.6 Å². The number of nitrogens with one attached hydrogen (secondary N) is 1. The van der Waals surface area contributed by atoms with Crippen LogP contribution in [-0.2, 0) is 5.60 Å². The molecule has 102 valence electrons. The Hall–Kier alpha value is -0.870. The summed E-state index contributed by atoms with van der Waals surface area (Å²) in [6, 6.07) is 1.87. The number of hydrogen-bond acceptors (Lipinski definition) is 3. The van der Waals surface area contributed by atoms with Crippen molar-refractivity contribution in [2.24, 2.45) is 11.3 Å². The molecule has 1 saturated heterocycles. The molecule has 1 aliphatic rings. The maximum absolute atomic E-state index is 10.6. The number of aliphatic hydroxyl groups is 1. The van der Waals surface area contributed by atoms with Crippen molar-refractivity contribution >= 4 is 0 Å². The monoisotopic (exact) mass is 251 g/mol. The minimum absolute atomic E-state index is 0.277. The maximum Gasteiger partial charge on any atom is 0.120 e. The Balaban J connectivity index is 2.01. The highest BCUT2D eigenvalue weighted by Gasteiger charge is 2.40. The molecule has 0 radical (unpaired) electrons. The zero-order valence-corrected chi connectivity index (χ0v) is 11.9. The summed E-state index contributed by atoms with van der Waals surface area (Å²) in [5.41, 5.74) is 0.371. The molecule has 1 fully saturated rings. The number of aromatic nitrogens is 2. The summed E-state index contributed by atoms with van der Waals surface area (Å²) < 4.78 is 0. The Kier molecular flexibility index (Phi) is 3.52. The molecule has 1 aromatic rings. The molecule has 2 heterocycles. The zero-order valence-electron chi connectivity index (χ0n) is 11.9. The van der Waals surface area contributed by atoms with E-state index in [-0.39, 0.29) is 5.41 Å². The van der Waals surface area contributed by atoms with Crippen LogP contribution in [0.4, 0.5) is 0 Å². The van der Waals surface area contributed by atoms with Crippen molar-refractivity contribution in [3.05, 3.63) is 18.0 Å². The highest BCUT2D eigenvalue weighted by atomic mass is 16.3. The molecule has 4 heteroatoms. The van der Waals surface area contributed by atoms with Gasteiger partial charge in [-0.05, 0) is 23.8 Å². The van der Waals surface area contributed by atoms with Gasteiger partial charge in [-0.2, -0.15) is 5.10 Å². The molecule has 0 spiro atoms. The molecule has 18 heavy (non-hydrogen) atoms. The summed E-state index contributed by atoms with van der Waals surface area (Å²) in [6.07, 6.45) is 2.48. The van der Waals surface area contributed by atoms with Gasteiger partial charge in [0.1, 0.15) is 5.60 Å². The quantitative estimate of drug-likeness (QED) is 0.860. The smallest absolute Gasteiger partial charge is 0.120 e. The van der Waals surface area contributed by atoms with E-state index in [1.165, 1.54) is 0 Å². The van der Waals surface area contributed by atoms with Crippen molar-refractivity contribution in [3.63, 3.8) is 0 Å². The lowest BCUT2D eigenvalue weighted by Crippen LogP contribution is -2.38. The first-order valence-corrected chi connectivity index (χ1v) is 6.78. The minimum Gasteiger partial charge on any atom is -0.382 e. The zero-order chi connectivity index (χ0) is 13.4. The van der Waals surface area contributed by atoms with Gasteiger partial charge in [0.25, 0.3) is 0 Å². The van der Waals surface area contributed by atoms with E-state index >= 15 is 0 Å².